The fourth-order valence-corrected chi connectivity index (χ4v) is 7.78. The molecule has 27 heavy (non-hydrogen) atoms. The smallest absolute Gasteiger partial charge is 0.221 e. The van der Waals surface area contributed by atoms with Crippen molar-refractivity contribution in [3.8, 4) is 0 Å². The first-order valence-electron chi connectivity index (χ1n) is 8.25. The maximum atomic E-state index is 13.0. The fourth-order valence-electron chi connectivity index (χ4n) is 3.06. The maximum Gasteiger partial charge on any atom is 0.221 e. The Morgan fingerprint density at radius 3 is 2.48 bits per heavy atom. The van der Waals surface area contributed by atoms with Crippen molar-refractivity contribution in [3.05, 3.63) is 48.4 Å². The molecule has 2 heterocycles. The van der Waals surface area contributed by atoms with Gasteiger partial charge in [-0.2, -0.15) is 0 Å². The first-order chi connectivity index (χ1) is 12.7. The number of benzene rings is 1. The molecule has 1 aromatic carbocycles. The van der Waals surface area contributed by atoms with E-state index in [9.17, 15) is 21.6 Å². The number of nitrogens with one attached hydrogen (secondary N) is 2. The average Bonchev–Trinajstić information content (AvgIpc) is 3.20. The number of rotatable bonds is 6. The van der Waals surface area contributed by atoms with E-state index < -0.39 is 36.7 Å². The number of hydrogen-bond acceptors (Lipinski definition) is 7. The van der Waals surface area contributed by atoms with Crippen LogP contribution in [0.2, 0.25) is 0 Å². The van der Waals surface area contributed by atoms with Gasteiger partial charge in [0.25, 0.3) is 0 Å². The van der Waals surface area contributed by atoms with Crippen LogP contribution in [-0.4, -0.2) is 45.5 Å². The molecule has 1 aliphatic rings. The minimum atomic E-state index is -3.88. The molecule has 146 valence electrons. The van der Waals surface area contributed by atoms with Gasteiger partial charge in [0.05, 0.1) is 34.5 Å². The van der Waals surface area contributed by atoms with Crippen molar-refractivity contribution in [2.24, 2.45) is 0 Å². The highest BCUT2D eigenvalue weighted by atomic mass is 32.2. The predicted octanol–water partition coefficient (Wildman–Crippen LogP) is 0.967. The lowest BCUT2D eigenvalue weighted by Crippen LogP contribution is -2.42. The molecule has 0 bridgehead atoms. The maximum absolute atomic E-state index is 13.0. The van der Waals surface area contributed by atoms with Crippen molar-refractivity contribution < 1.29 is 26.0 Å². The molecule has 1 aromatic heterocycles. The van der Waals surface area contributed by atoms with Gasteiger partial charge in [-0.05, 0) is 36.4 Å². The van der Waals surface area contributed by atoms with E-state index in [0.29, 0.717) is 11.4 Å². The first-order valence-corrected chi connectivity index (χ1v) is 11.6. The molecular weight excluding hydrogens is 392 g/mol. The Hall–Kier alpha value is -2.17. The van der Waals surface area contributed by atoms with Crippen LogP contribution in [0.3, 0.4) is 0 Å². The van der Waals surface area contributed by atoms with Crippen LogP contribution in [0, 0.1) is 0 Å². The molecule has 0 spiro atoms. The topological polar surface area (TPSA) is 123 Å². The second kappa shape index (κ2) is 7.45. The summed E-state index contributed by atoms with van der Waals surface area (Å²) in [4.78, 5) is 11.1. The molecule has 2 unspecified atom stereocenters. The van der Waals surface area contributed by atoms with E-state index >= 15 is 0 Å². The zero-order chi connectivity index (χ0) is 19.7. The monoisotopic (exact) mass is 412 g/mol. The highest BCUT2D eigenvalue weighted by Crippen LogP contribution is 2.27. The lowest BCUT2D eigenvalue weighted by atomic mass is 10.2. The van der Waals surface area contributed by atoms with E-state index in [4.69, 9.17) is 4.42 Å². The van der Waals surface area contributed by atoms with E-state index in [-0.39, 0.29) is 23.1 Å². The highest BCUT2D eigenvalue weighted by Gasteiger charge is 2.45. The molecule has 0 aliphatic carbocycles. The van der Waals surface area contributed by atoms with Gasteiger partial charge in [0.2, 0.25) is 5.91 Å². The van der Waals surface area contributed by atoms with Crippen molar-refractivity contribution in [2.45, 2.75) is 29.7 Å². The summed E-state index contributed by atoms with van der Waals surface area (Å²) in [5.41, 5.74) is 0.466. The zero-order valence-electron chi connectivity index (χ0n) is 14.6. The van der Waals surface area contributed by atoms with E-state index in [0.717, 1.165) is 0 Å². The quantitative estimate of drug-likeness (QED) is 0.725. The van der Waals surface area contributed by atoms with Crippen LogP contribution in [0.4, 0.5) is 5.69 Å². The van der Waals surface area contributed by atoms with Crippen LogP contribution in [0.1, 0.15) is 12.7 Å². The number of hydrogen-bond donors (Lipinski definition) is 2. The van der Waals surface area contributed by atoms with Gasteiger partial charge >= 0.3 is 0 Å². The van der Waals surface area contributed by atoms with Gasteiger partial charge < -0.3 is 15.1 Å². The molecule has 0 saturated carbocycles. The Balaban J connectivity index is 1.82. The number of furan rings is 1. The lowest BCUT2D eigenvalue weighted by Gasteiger charge is -2.19. The molecule has 1 amide bonds. The molecule has 1 aliphatic heterocycles. The minimum Gasteiger partial charge on any atom is -0.468 e. The summed E-state index contributed by atoms with van der Waals surface area (Å²) in [6, 6.07) is 8.38. The Bertz CT molecular complexity index is 1010. The zero-order valence-corrected chi connectivity index (χ0v) is 16.2. The van der Waals surface area contributed by atoms with E-state index in [1.54, 1.807) is 12.1 Å². The Morgan fingerprint density at radius 1 is 1.19 bits per heavy atom. The number of anilines is 1. The molecule has 1 saturated heterocycles. The first kappa shape index (κ1) is 19.6. The van der Waals surface area contributed by atoms with Crippen molar-refractivity contribution in [1.29, 1.82) is 0 Å². The van der Waals surface area contributed by atoms with Crippen LogP contribution in [0.15, 0.2) is 52.0 Å². The predicted molar refractivity (Wildman–Crippen MR) is 99.7 cm³/mol. The van der Waals surface area contributed by atoms with Gasteiger partial charge in [-0.3, -0.25) is 4.79 Å². The van der Waals surface area contributed by atoms with E-state index in [1.807, 2.05) is 0 Å². The van der Waals surface area contributed by atoms with Crippen molar-refractivity contribution >= 4 is 31.3 Å². The van der Waals surface area contributed by atoms with Gasteiger partial charge in [-0.15, -0.1) is 0 Å². The van der Waals surface area contributed by atoms with E-state index in [2.05, 4.69) is 10.6 Å². The molecule has 10 heteroatoms. The van der Waals surface area contributed by atoms with Gasteiger partial charge in [-0.25, -0.2) is 16.8 Å². The Morgan fingerprint density at radius 2 is 1.89 bits per heavy atom. The average molecular weight is 412 g/mol. The van der Waals surface area contributed by atoms with Gasteiger partial charge in [0, 0.05) is 18.7 Å². The van der Waals surface area contributed by atoms with Gasteiger partial charge in [0.15, 0.2) is 19.7 Å². The van der Waals surface area contributed by atoms with Gasteiger partial charge in [-0.1, -0.05) is 0 Å². The van der Waals surface area contributed by atoms with Crippen LogP contribution in [0.5, 0.6) is 0 Å². The third kappa shape index (κ3) is 4.57. The summed E-state index contributed by atoms with van der Waals surface area (Å²) in [6.45, 7) is 1.59. The summed E-state index contributed by atoms with van der Waals surface area (Å²) < 4.78 is 55.4. The summed E-state index contributed by atoms with van der Waals surface area (Å²) in [5.74, 6) is -0.356. The van der Waals surface area contributed by atoms with E-state index in [1.165, 1.54) is 37.5 Å². The third-order valence-electron chi connectivity index (χ3n) is 4.32. The molecule has 3 rings (SSSR count). The second-order valence-corrected chi connectivity index (χ2v) is 10.8. The van der Waals surface area contributed by atoms with Crippen molar-refractivity contribution in [3.63, 3.8) is 0 Å². The number of amides is 1. The summed E-state index contributed by atoms with van der Waals surface area (Å²) >= 11 is 0. The summed E-state index contributed by atoms with van der Waals surface area (Å²) in [5, 5.41) is 4.46. The van der Waals surface area contributed by atoms with Crippen molar-refractivity contribution in [2.75, 3.05) is 16.8 Å². The molecule has 2 atom stereocenters. The van der Waals surface area contributed by atoms with Gasteiger partial charge in [0.1, 0.15) is 5.76 Å². The number of sulfone groups is 2. The SMILES string of the molecule is CC(=O)Nc1ccc(S(=O)(=O)C2CS(=O)(=O)CC2NCc2ccco2)cc1. The number of carbonyl (C=O) groups excluding carboxylic acids is 1. The molecule has 0 radical (unpaired) electrons. The molecule has 2 aromatic rings. The molecule has 2 N–H and O–H groups in total. The standard InChI is InChI=1S/C17H20N2O6S2/c1-12(20)19-13-4-6-15(7-5-13)27(23,24)17-11-26(21,22)10-16(17)18-9-14-3-2-8-25-14/h2-8,16-18H,9-11H2,1H3,(H,19,20). The van der Waals surface area contributed by atoms with Crippen LogP contribution >= 0.6 is 0 Å². The Kier molecular flexibility index (Phi) is 5.41. The minimum absolute atomic E-state index is 0.0171. The largest absolute Gasteiger partial charge is 0.468 e. The molecule has 1 fully saturated rings. The highest BCUT2D eigenvalue weighted by molar-refractivity contribution is 7.96. The molecule has 8 nitrogen and oxygen atoms in total. The number of carbonyl (C=O) groups is 1. The van der Waals surface area contributed by atoms with Crippen LogP contribution in [-0.2, 0) is 31.0 Å². The van der Waals surface area contributed by atoms with Crippen LogP contribution in [0.25, 0.3) is 0 Å². The second-order valence-electron chi connectivity index (χ2n) is 6.43. The Labute approximate surface area is 157 Å². The summed E-state index contributed by atoms with van der Waals surface area (Å²) in [7, 11) is -7.36. The molecular formula is C17H20N2O6S2. The van der Waals surface area contributed by atoms with Crippen LogP contribution < -0.4 is 10.6 Å². The lowest BCUT2D eigenvalue weighted by molar-refractivity contribution is -0.114. The normalized spacial score (nSPS) is 21.8. The third-order valence-corrected chi connectivity index (χ3v) is 8.49. The van der Waals surface area contributed by atoms with Crippen molar-refractivity contribution in [1.82, 2.24) is 5.32 Å². The fraction of sp³-hybridized carbons (Fsp3) is 0.353. The summed E-state index contributed by atoms with van der Waals surface area (Å²) in [6.07, 6.45) is 1.49.